The molecular weight excluding hydrogens is 286 g/mol. The molecule has 0 saturated heterocycles. The zero-order chi connectivity index (χ0) is 16.7. The normalized spacial score (nSPS) is 22.2. The van der Waals surface area contributed by atoms with Crippen molar-refractivity contribution in [3.8, 4) is 6.07 Å². The summed E-state index contributed by atoms with van der Waals surface area (Å²) in [7, 11) is 1.57. The van der Waals surface area contributed by atoms with Gasteiger partial charge in [0.2, 0.25) is 0 Å². The van der Waals surface area contributed by atoms with Crippen molar-refractivity contribution in [2.24, 2.45) is 10.9 Å². The smallest absolute Gasteiger partial charge is 0.173 e. The van der Waals surface area contributed by atoms with Crippen LogP contribution in [0, 0.1) is 17.2 Å². The van der Waals surface area contributed by atoms with Crippen molar-refractivity contribution in [3.05, 3.63) is 22.4 Å². The summed E-state index contributed by atoms with van der Waals surface area (Å²) in [4.78, 5) is 6.75. The molecule has 0 aromatic carbocycles. The van der Waals surface area contributed by atoms with E-state index < -0.39 is 0 Å². The number of hydrogen-bond donors (Lipinski definition) is 0. The Morgan fingerprint density at radius 1 is 1.39 bits per heavy atom. The van der Waals surface area contributed by atoms with Gasteiger partial charge in [-0.2, -0.15) is 5.26 Å². The van der Waals surface area contributed by atoms with Crippen LogP contribution in [0.4, 0.5) is 0 Å². The summed E-state index contributed by atoms with van der Waals surface area (Å²) in [6.45, 7) is 7.21. The van der Waals surface area contributed by atoms with Crippen molar-refractivity contribution in [2.45, 2.75) is 52.4 Å². The van der Waals surface area contributed by atoms with E-state index >= 15 is 0 Å². The monoisotopic (exact) mass is 315 g/mol. The average molecular weight is 315 g/mol. The molecule has 0 spiro atoms. The van der Waals surface area contributed by atoms with E-state index in [1.165, 1.54) is 56.2 Å². The molecule has 4 nitrogen and oxygen atoms in total. The van der Waals surface area contributed by atoms with Crippen LogP contribution >= 0.6 is 0 Å². The Kier molecular flexibility index (Phi) is 6.85. The highest BCUT2D eigenvalue weighted by molar-refractivity contribution is 5.54. The Balaban J connectivity index is 2.10. The standard InChI is InChI=1S/C19H29N3O/c1-15-9-10-22(12-17-7-5-4-6-8-17)13-19(15)18(11-20)16(2)21-14-23-3/h14,17H,4-10,12-13H2,1-3H3/b18-16+,21-14+. The lowest BCUT2D eigenvalue weighted by molar-refractivity contribution is 0.208. The number of aliphatic imine (C=N–C) groups is 1. The van der Waals surface area contributed by atoms with Crippen LogP contribution in [-0.4, -0.2) is 38.0 Å². The van der Waals surface area contributed by atoms with E-state index in [0.29, 0.717) is 5.57 Å². The van der Waals surface area contributed by atoms with Crippen molar-refractivity contribution < 1.29 is 4.74 Å². The van der Waals surface area contributed by atoms with Crippen LogP contribution in [0.2, 0.25) is 0 Å². The van der Waals surface area contributed by atoms with Gasteiger partial charge in [0, 0.05) is 19.6 Å². The van der Waals surface area contributed by atoms with Gasteiger partial charge in [0.25, 0.3) is 0 Å². The molecule has 1 aliphatic heterocycles. The molecule has 0 aromatic heterocycles. The van der Waals surface area contributed by atoms with E-state index in [1.807, 2.05) is 6.92 Å². The summed E-state index contributed by atoms with van der Waals surface area (Å²) in [5.41, 5.74) is 3.95. The molecule has 0 atom stereocenters. The molecule has 23 heavy (non-hydrogen) atoms. The summed E-state index contributed by atoms with van der Waals surface area (Å²) >= 11 is 0. The summed E-state index contributed by atoms with van der Waals surface area (Å²) in [5, 5.41) is 9.60. The van der Waals surface area contributed by atoms with Gasteiger partial charge in [-0.15, -0.1) is 0 Å². The van der Waals surface area contributed by atoms with Crippen molar-refractivity contribution >= 4 is 6.40 Å². The van der Waals surface area contributed by atoms with Gasteiger partial charge in [-0.3, -0.25) is 4.90 Å². The quantitative estimate of drug-likeness (QED) is 0.437. The lowest BCUT2D eigenvalue weighted by Gasteiger charge is -2.34. The molecular formula is C19H29N3O. The molecule has 0 aromatic rings. The number of methoxy groups -OCH3 is 1. The second-order valence-electron chi connectivity index (χ2n) is 6.79. The fourth-order valence-electron chi connectivity index (χ4n) is 3.66. The Morgan fingerprint density at radius 2 is 2.13 bits per heavy atom. The molecule has 0 radical (unpaired) electrons. The zero-order valence-electron chi connectivity index (χ0n) is 14.8. The maximum Gasteiger partial charge on any atom is 0.173 e. The molecule has 0 N–H and O–H groups in total. The first-order valence-electron chi connectivity index (χ1n) is 8.73. The largest absolute Gasteiger partial charge is 0.486 e. The van der Waals surface area contributed by atoms with Crippen molar-refractivity contribution in [1.82, 2.24) is 4.90 Å². The van der Waals surface area contributed by atoms with E-state index in [9.17, 15) is 5.26 Å². The number of rotatable bonds is 5. The molecule has 4 heteroatoms. The summed E-state index contributed by atoms with van der Waals surface area (Å²) in [6, 6.07) is 2.36. The Hall–Kier alpha value is -1.60. The first kappa shape index (κ1) is 17.7. The SMILES string of the molecule is CO/C=N/C(C)=C(\C#N)C1=C(C)CCN(CC2CCCCC2)C1. The predicted molar refractivity (Wildman–Crippen MR) is 94.1 cm³/mol. The first-order valence-corrected chi connectivity index (χ1v) is 8.73. The minimum atomic E-state index is 0.712. The second-order valence-corrected chi connectivity index (χ2v) is 6.79. The third-order valence-electron chi connectivity index (χ3n) is 5.07. The van der Waals surface area contributed by atoms with Gasteiger partial charge in [0.15, 0.2) is 6.40 Å². The molecule has 2 aliphatic rings. The van der Waals surface area contributed by atoms with Crippen LogP contribution in [0.25, 0.3) is 0 Å². The highest BCUT2D eigenvalue weighted by Gasteiger charge is 2.23. The van der Waals surface area contributed by atoms with Gasteiger partial charge in [0.05, 0.1) is 18.4 Å². The Morgan fingerprint density at radius 3 is 2.78 bits per heavy atom. The third-order valence-corrected chi connectivity index (χ3v) is 5.07. The van der Waals surface area contributed by atoms with Crippen molar-refractivity contribution in [3.63, 3.8) is 0 Å². The summed E-state index contributed by atoms with van der Waals surface area (Å²) < 4.78 is 4.88. The van der Waals surface area contributed by atoms with Gasteiger partial charge in [-0.1, -0.05) is 24.8 Å². The van der Waals surface area contributed by atoms with Crippen LogP contribution in [0.5, 0.6) is 0 Å². The van der Waals surface area contributed by atoms with E-state index in [1.54, 1.807) is 7.11 Å². The molecule has 0 amide bonds. The maximum absolute atomic E-state index is 9.60. The zero-order valence-corrected chi connectivity index (χ0v) is 14.8. The molecule has 0 bridgehead atoms. The third kappa shape index (κ3) is 4.94. The number of ether oxygens (including phenoxy) is 1. The van der Waals surface area contributed by atoms with Gasteiger partial charge in [-0.05, 0) is 44.6 Å². The van der Waals surface area contributed by atoms with Crippen LogP contribution in [0.15, 0.2) is 27.4 Å². The fraction of sp³-hybridized carbons (Fsp3) is 0.684. The highest BCUT2D eigenvalue weighted by atomic mass is 16.5. The molecule has 1 saturated carbocycles. The summed E-state index contributed by atoms with van der Waals surface area (Å²) in [6.07, 6.45) is 9.35. The second kappa shape index (κ2) is 8.88. The van der Waals surface area contributed by atoms with Crippen molar-refractivity contribution in [2.75, 3.05) is 26.7 Å². The Bertz CT molecular complexity index is 533. The van der Waals surface area contributed by atoms with Gasteiger partial charge in [-0.25, -0.2) is 4.99 Å². The van der Waals surface area contributed by atoms with E-state index in [0.717, 1.165) is 31.1 Å². The topological polar surface area (TPSA) is 48.6 Å². The minimum Gasteiger partial charge on any atom is -0.486 e. The summed E-state index contributed by atoms with van der Waals surface area (Å²) in [5.74, 6) is 0.838. The highest BCUT2D eigenvalue weighted by Crippen LogP contribution is 2.29. The lowest BCUT2D eigenvalue weighted by atomic mass is 9.87. The lowest BCUT2D eigenvalue weighted by Crippen LogP contribution is -2.36. The molecule has 1 aliphatic carbocycles. The fourth-order valence-corrected chi connectivity index (χ4v) is 3.66. The molecule has 0 unspecified atom stereocenters. The van der Waals surface area contributed by atoms with Crippen LogP contribution in [0.3, 0.4) is 0 Å². The average Bonchev–Trinajstić information content (AvgIpc) is 2.57. The molecule has 1 fully saturated rings. The number of allylic oxidation sites excluding steroid dienone is 1. The van der Waals surface area contributed by atoms with E-state index in [4.69, 9.17) is 4.74 Å². The molecule has 1 heterocycles. The molecule has 2 rings (SSSR count). The molecule has 126 valence electrons. The van der Waals surface area contributed by atoms with Crippen LogP contribution in [-0.2, 0) is 4.74 Å². The number of nitriles is 1. The van der Waals surface area contributed by atoms with Gasteiger partial charge in [0.1, 0.15) is 6.07 Å². The van der Waals surface area contributed by atoms with Crippen LogP contribution < -0.4 is 0 Å². The first-order chi connectivity index (χ1) is 11.2. The maximum atomic E-state index is 9.60. The number of nitrogens with zero attached hydrogens (tertiary/aromatic N) is 3. The van der Waals surface area contributed by atoms with Crippen molar-refractivity contribution in [1.29, 1.82) is 5.26 Å². The van der Waals surface area contributed by atoms with E-state index in [2.05, 4.69) is 22.9 Å². The van der Waals surface area contributed by atoms with Crippen LogP contribution in [0.1, 0.15) is 52.4 Å². The predicted octanol–water partition coefficient (Wildman–Crippen LogP) is 4.06. The number of hydrogen-bond acceptors (Lipinski definition) is 4. The van der Waals surface area contributed by atoms with Gasteiger partial charge < -0.3 is 4.74 Å². The minimum absolute atomic E-state index is 0.712. The van der Waals surface area contributed by atoms with Gasteiger partial charge >= 0.3 is 0 Å². The van der Waals surface area contributed by atoms with E-state index in [-0.39, 0.29) is 0 Å². The Labute approximate surface area is 140 Å².